The SMILES string of the molecule is Cc1cc(C(=O)N(CCC(=O)N2CCOCC2)CC(C)C)no1. The van der Waals surface area contributed by atoms with Gasteiger partial charge in [-0.25, -0.2) is 0 Å². The van der Waals surface area contributed by atoms with Crippen LogP contribution in [0.4, 0.5) is 0 Å². The molecule has 7 nitrogen and oxygen atoms in total. The van der Waals surface area contributed by atoms with E-state index in [1.165, 1.54) is 0 Å². The van der Waals surface area contributed by atoms with Gasteiger partial charge in [0.2, 0.25) is 5.91 Å². The van der Waals surface area contributed by atoms with Crippen LogP contribution in [0.25, 0.3) is 0 Å². The summed E-state index contributed by atoms with van der Waals surface area (Å²) in [6, 6.07) is 1.62. The molecule has 1 saturated heterocycles. The molecule has 0 saturated carbocycles. The quantitative estimate of drug-likeness (QED) is 0.789. The number of amides is 2. The number of morpholine rings is 1. The largest absolute Gasteiger partial charge is 0.378 e. The third-order valence-electron chi connectivity index (χ3n) is 3.68. The van der Waals surface area contributed by atoms with Crippen molar-refractivity contribution in [2.24, 2.45) is 5.92 Å². The number of rotatable bonds is 6. The topological polar surface area (TPSA) is 75.9 Å². The zero-order chi connectivity index (χ0) is 16.8. The second kappa shape index (κ2) is 8.10. The fourth-order valence-electron chi connectivity index (χ4n) is 2.55. The number of nitrogens with zero attached hydrogens (tertiary/aromatic N) is 3. The van der Waals surface area contributed by atoms with Gasteiger partial charge in [-0.1, -0.05) is 19.0 Å². The molecule has 1 aromatic heterocycles. The van der Waals surface area contributed by atoms with Crippen LogP contribution in [0.15, 0.2) is 10.6 Å². The summed E-state index contributed by atoms with van der Waals surface area (Å²) in [4.78, 5) is 28.3. The van der Waals surface area contributed by atoms with Gasteiger partial charge in [0.05, 0.1) is 13.2 Å². The van der Waals surface area contributed by atoms with Gasteiger partial charge in [-0.15, -0.1) is 0 Å². The number of carbonyl (C=O) groups is 2. The van der Waals surface area contributed by atoms with Crippen LogP contribution in [-0.4, -0.2) is 66.2 Å². The number of carbonyl (C=O) groups excluding carboxylic acids is 2. The molecule has 0 unspecified atom stereocenters. The van der Waals surface area contributed by atoms with Crippen LogP contribution >= 0.6 is 0 Å². The van der Waals surface area contributed by atoms with Crippen LogP contribution in [0.1, 0.15) is 36.5 Å². The lowest BCUT2D eigenvalue weighted by Crippen LogP contribution is -2.43. The minimum absolute atomic E-state index is 0.0613. The van der Waals surface area contributed by atoms with E-state index in [0.717, 1.165) is 0 Å². The van der Waals surface area contributed by atoms with Gasteiger partial charge in [-0.3, -0.25) is 9.59 Å². The Labute approximate surface area is 136 Å². The van der Waals surface area contributed by atoms with E-state index >= 15 is 0 Å². The van der Waals surface area contributed by atoms with Crippen molar-refractivity contribution in [2.75, 3.05) is 39.4 Å². The molecule has 1 aliphatic heterocycles. The van der Waals surface area contributed by atoms with Gasteiger partial charge >= 0.3 is 0 Å². The van der Waals surface area contributed by atoms with Crippen LogP contribution in [0.3, 0.4) is 0 Å². The second-order valence-corrected chi connectivity index (χ2v) is 6.21. The summed E-state index contributed by atoms with van der Waals surface area (Å²) >= 11 is 0. The van der Waals surface area contributed by atoms with Gasteiger partial charge < -0.3 is 19.1 Å². The van der Waals surface area contributed by atoms with E-state index < -0.39 is 0 Å². The third kappa shape index (κ3) is 5.06. The first kappa shape index (κ1) is 17.5. The van der Waals surface area contributed by atoms with Crippen molar-refractivity contribution in [3.05, 3.63) is 17.5 Å². The third-order valence-corrected chi connectivity index (χ3v) is 3.68. The molecule has 0 bridgehead atoms. The highest BCUT2D eigenvalue weighted by molar-refractivity contribution is 5.92. The van der Waals surface area contributed by atoms with Gasteiger partial charge in [0.1, 0.15) is 5.76 Å². The first-order valence-electron chi connectivity index (χ1n) is 8.05. The monoisotopic (exact) mass is 323 g/mol. The summed E-state index contributed by atoms with van der Waals surface area (Å²) in [7, 11) is 0. The molecular formula is C16H25N3O4. The molecular weight excluding hydrogens is 298 g/mol. The Morgan fingerprint density at radius 3 is 2.61 bits per heavy atom. The molecule has 7 heteroatoms. The summed E-state index contributed by atoms with van der Waals surface area (Å²) in [5.41, 5.74) is 0.293. The highest BCUT2D eigenvalue weighted by atomic mass is 16.5. The Hall–Kier alpha value is -1.89. The fourth-order valence-corrected chi connectivity index (χ4v) is 2.55. The lowest BCUT2D eigenvalue weighted by atomic mass is 10.2. The van der Waals surface area contributed by atoms with Crippen LogP contribution < -0.4 is 0 Å². The Balaban J connectivity index is 1.95. The van der Waals surface area contributed by atoms with Crippen LogP contribution in [0, 0.1) is 12.8 Å². The smallest absolute Gasteiger partial charge is 0.276 e. The van der Waals surface area contributed by atoms with E-state index in [4.69, 9.17) is 9.26 Å². The second-order valence-electron chi connectivity index (χ2n) is 6.21. The zero-order valence-electron chi connectivity index (χ0n) is 14.1. The Kier molecular flexibility index (Phi) is 6.15. The number of hydrogen-bond acceptors (Lipinski definition) is 5. The summed E-state index contributed by atoms with van der Waals surface area (Å²) in [5, 5.41) is 3.78. The zero-order valence-corrected chi connectivity index (χ0v) is 14.1. The Bertz CT molecular complexity index is 535. The average molecular weight is 323 g/mol. The molecule has 0 aliphatic carbocycles. The summed E-state index contributed by atoms with van der Waals surface area (Å²) < 4.78 is 10.2. The first-order chi connectivity index (χ1) is 11.0. The molecule has 0 spiro atoms. The van der Waals surface area contributed by atoms with Crippen molar-refractivity contribution in [3.8, 4) is 0 Å². The molecule has 23 heavy (non-hydrogen) atoms. The van der Waals surface area contributed by atoms with Crippen LogP contribution in [0.5, 0.6) is 0 Å². The summed E-state index contributed by atoms with van der Waals surface area (Å²) in [5.74, 6) is 0.782. The van der Waals surface area contributed by atoms with Crippen molar-refractivity contribution >= 4 is 11.8 Å². The lowest BCUT2D eigenvalue weighted by Gasteiger charge is -2.29. The van der Waals surface area contributed by atoms with Crippen molar-refractivity contribution in [1.29, 1.82) is 0 Å². The van der Waals surface area contributed by atoms with E-state index in [9.17, 15) is 9.59 Å². The molecule has 2 rings (SSSR count). The maximum absolute atomic E-state index is 12.5. The highest BCUT2D eigenvalue weighted by Crippen LogP contribution is 2.10. The predicted octanol–water partition coefficient (Wildman–Crippen LogP) is 1.33. The molecule has 2 heterocycles. The number of aryl methyl sites for hydroxylation is 1. The molecule has 1 fully saturated rings. The van der Waals surface area contributed by atoms with E-state index in [2.05, 4.69) is 5.16 Å². The van der Waals surface area contributed by atoms with Crippen LogP contribution in [-0.2, 0) is 9.53 Å². The Morgan fingerprint density at radius 1 is 1.35 bits per heavy atom. The molecule has 0 radical (unpaired) electrons. The average Bonchev–Trinajstić information content (AvgIpc) is 2.97. The van der Waals surface area contributed by atoms with Gasteiger partial charge in [-0.05, 0) is 12.8 Å². The highest BCUT2D eigenvalue weighted by Gasteiger charge is 2.23. The van der Waals surface area contributed by atoms with E-state index in [1.807, 2.05) is 13.8 Å². The summed E-state index contributed by atoms with van der Waals surface area (Å²) in [6.07, 6.45) is 0.315. The van der Waals surface area contributed by atoms with Crippen molar-refractivity contribution in [2.45, 2.75) is 27.2 Å². The van der Waals surface area contributed by atoms with Gasteiger partial charge in [0.15, 0.2) is 5.69 Å². The molecule has 1 aromatic rings. The van der Waals surface area contributed by atoms with Crippen LogP contribution in [0.2, 0.25) is 0 Å². The maximum atomic E-state index is 12.5. The molecule has 128 valence electrons. The van der Waals surface area contributed by atoms with Gasteiger partial charge in [0.25, 0.3) is 5.91 Å². The standard InChI is InChI=1S/C16H25N3O4/c1-12(2)11-19(16(21)14-10-13(3)23-17-14)5-4-15(20)18-6-8-22-9-7-18/h10,12H,4-9,11H2,1-3H3. The van der Waals surface area contributed by atoms with Gasteiger partial charge in [-0.2, -0.15) is 0 Å². The number of aromatic nitrogens is 1. The molecule has 2 amide bonds. The number of hydrogen-bond donors (Lipinski definition) is 0. The summed E-state index contributed by atoms with van der Waals surface area (Å²) in [6.45, 7) is 9.21. The van der Waals surface area contributed by atoms with Gasteiger partial charge in [0, 0.05) is 38.7 Å². The van der Waals surface area contributed by atoms with Crippen molar-refractivity contribution in [3.63, 3.8) is 0 Å². The van der Waals surface area contributed by atoms with E-state index in [-0.39, 0.29) is 11.8 Å². The molecule has 0 N–H and O–H groups in total. The molecule has 0 atom stereocenters. The fraction of sp³-hybridized carbons (Fsp3) is 0.688. The van der Waals surface area contributed by atoms with E-state index in [0.29, 0.717) is 63.2 Å². The minimum Gasteiger partial charge on any atom is -0.378 e. The predicted molar refractivity (Wildman–Crippen MR) is 84.0 cm³/mol. The first-order valence-corrected chi connectivity index (χ1v) is 8.05. The maximum Gasteiger partial charge on any atom is 0.276 e. The normalized spacial score (nSPS) is 15.0. The minimum atomic E-state index is -0.190. The van der Waals surface area contributed by atoms with Crippen molar-refractivity contribution < 1.29 is 18.8 Å². The van der Waals surface area contributed by atoms with E-state index in [1.54, 1.807) is 22.8 Å². The lowest BCUT2D eigenvalue weighted by molar-refractivity contribution is -0.135. The Morgan fingerprint density at radius 2 is 2.04 bits per heavy atom. The number of ether oxygens (including phenoxy) is 1. The molecule has 0 aromatic carbocycles. The molecule has 1 aliphatic rings. The van der Waals surface area contributed by atoms with Crippen molar-refractivity contribution in [1.82, 2.24) is 15.0 Å².